The van der Waals surface area contributed by atoms with Crippen LogP contribution in [0.5, 0.6) is 17.2 Å². The van der Waals surface area contributed by atoms with Crippen molar-refractivity contribution in [3.8, 4) is 17.2 Å². The first-order valence-electron chi connectivity index (χ1n) is 11.8. The predicted octanol–water partition coefficient (Wildman–Crippen LogP) is 2.94. The van der Waals surface area contributed by atoms with Crippen molar-refractivity contribution in [1.82, 2.24) is 0 Å². The molecule has 2 aromatic carbocycles. The lowest BCUT2D eigenvalue weighted by Gasteiger charge is -2.47. The molecule has 4 aliphatic heterocycles. The van der Waals surface area contributed by atoms with Crippen molar-refractivity contribution in [2.45, 2.75) is 59.8 Å². The second-order valence-corrected chi connectivity index (χ2v) is 12.2. The average Bonchev–Trinajstić information content (AvgIpc) is 3.53. The Hall–Kier alpha value is -1.73. The minimum absolute atomic E-state index is 0.0237. The zero-order valence-electron chi connectivity index (χ0n) is 20.1. The Bertz CT molecular complexity index is 1350. The van der Waals surface area contributed by atoms with E-state index >= 15 is 0 Å². The van der Waals surface area contributed by atoms with E-state index in [-0.39, 0.29) is 57.8 Å². The van der Waals surface area contributed by atoms with Gasteiger partial charge in [-0.15, -0.1) is 23.5 Å². The monoisotopic (exact) mass is 534 g/mol. The molecule has 1 spiro atoms. The average molecular weight is 535 g/mol. The van der Waals surface area contributed by atoms with Crippen LogP contribution in [0, 0.1) is 6.92 Å². The van der Waals surface area contributed by atoms with Gasteiger partial charge in [-0.25, -0.2) is 0 Å². The number of Topliss-reactive ketones (excluding diaryl/α,β-unsaturated/α-hetero) is 1. The summed E-state index contributed by atoms with van der Waals surface area (Å²) in [6.07, 6.45) is 1.79. The number of methoxy groups -OCH3 is 1. The highest BCUT2D eigenvalue weighted by Gasteiger charge is 2.91. The number of thioether (sulfide) groups is 2. The van der Waals surface area contributed by atoms with Gasteiger partial charge in [0, 0.05) is 22.9 Å². The van der Waals surface area contributed by atoms with Crippen molar-refractivity contribution in [1.29, 1.82) is 0 Å². The van der Waals surface area contributed by atoms with Gasteiger partial charge in [-0.2, -0.15) is 0 Å². The summed E-state index contributed by atoms with van der Waals surface area (Å²) in [7, 11) is 1.46. The Morgan fingerprint density at radius 2 is 1.94 bits per heavy atom. The molecule has 3 unspecified atom stereocenters. The number of epoxide rings is 1. The van der Waals surface area contributed by atoms with Crippen LogP contribution in [0.1, 0.15) is 52.1 Å². The molecule has 0 aromatic heterocycles. The molecule has 0 radical (unpaired) electrons. The van der Waals surface area contributed by atoms with Crippen molar-refractivity contribution >= 4 is 40.1 Å². The van der Waals surface area contributed by atoms with Gasteiger partial charge in [0.25, 0.3) is 5.79 Å². The minimum Gasteiger partial charge on any atom is -0.506 e. The molecule has 9 nitrogen and oxygen atoms in total. The molecular formula is C25H26O9S2. The fourth-order valence-electron chi connectivity index (χ4n) is 6.72. The summed E-state index contributed by atoms with van der Waals surface area (Å²) < 4.78 is 30.9. The number of aromatic hydroxyl groups is 1. The SMILES string of the molecule is COc1c2c(c(O)c3c4c(c(C)cc13)C1OC3(C(SC)SC)OC1[C@@](O)(O4)[C@@]31CO1)C(=O)CC[C@@H]2O. The van der Waals surface area contributed by atoms with Crippen LogP contribution >= 0.6 is 23.5 Å². The zero-order chi connectivity index (χ0) is 25.4. The van der Waals surface area contributed by atoms with Crippen LogP contribution in [0.2, 0.25) is 0 Å². The number of benzene rings is 2. The van der Waals surface area contributed by atoms with Gasteiger partial charge >= 0.3 is 0 Å². The quantitative estimate of drug-likeness (QED) is 0.396. The molecule has 5 aliphatic rings. The summed E-state index contributed by atoms with van der Waals surface area (Å²) in [5.74, 6) is -3.17. The maximum Gasteiger partial charge on any atom is 0.274 e. The summed E-state index contributed by atoms with van der Waals surface area (Å²) in [5.41, 5.74) is 0.484. The van der Waals surface area contributed by atoms with E-state index in [0.717, 1.165) is 5.56 Å². The number of phenolic OH excluding ortho intramolecular Hbond substituents is 1. The number of hydrogen-bond donors (Lipinski definition) is 3. The molecule has 3 fully saturated rings. The van der Waals surface area contributed by atoms with E-state index < -0.39 is 35.5 Å². The van der Waals surface area contributed by atoms with E-state index in [4.69, 9.17) is 23.7 Å². The number of hydrogen-bond acceptors (Lipinski definition) is 11. The highest BCUT2D eigenvalue weighted by Crippen LogP contribution is 2.72. The van der Waals surface area contributed by atoms with E-state index in [1.807, 2.05) is 25.5 Å². The van der Waals surface area contributed by atoms with Crippen LogP contribution in [-0.2, 0) is 14.2 Å². The Balaban J connectivity index is 1.53. The van der Waals surface area contributed by atoms with Crippen LogP contribution in [0.15, 0.2) is 6.07 Å². The molecule has 2 aromatic rings. The summed E-state index contributed by atoms with van der Waals surface area (Å²) in [4.78, 5) is 12.9. The normalized spacial score (nSPS) is 37.4. The Kier molecular flexibility index (Phi) is 4.69. The maximum atomic E-state index is 12.9. The Labute approximate surface area is 215 Å². The van der Waals surface area contributed by atoms with Gasteiger partial charge in [-0.3, -0.25) is 4.79 Å². The number of rotatable bonds is 4. The summed E-state index contributed by atoms with van der Waals surface area (Å²) in [5, 5.41) is 35.0. The molecular weight excluding hydrogens is 508 g/mol. The van der Waals surface area contributed by atoms with Crippen LogP contribution in [0.25, 0.3) is 10.8 Å². The zero-order valence-corrected chi connectivity index (χ0v) is 21.7. The maximum absolute atomic E-state index is 12.9. The van der Waals surface area contributed by atoms with Gasteiger partial charge in [0.15, 0.2) is 11.9 Å². The minimum atomic E-state index is -1.87. The third-order valence-corrected chi connectivity index (χ3v) is 11.0. The number of ketones is 1. The number of phenols is 1. The molecule has 0 saturated carbocycles. The number of aryl methyl sites for hydroxylation is 1. The summed E-state index contributed by atoms with van der Waals surface area (Å²) >= 11 is 3.11. The van der Waals surface area contributed by atoms with Crippen LogP contribution in [0.4, 0.5) is 0 Å². The predicted molar refractivity (Wildman–Crippen MR) is 132 cm³/mol. The lowest BCUT2D eigenvalue weighted by Crippen LogP contribution is -2.68. The topological polar surface area (TPSA) is 127 Å². The van der Waals surface area contributed by atoms with Crippen molar-refractivity contribution in [2.75, 3.05) is 26.2 Å². The standard InChI is InChI=1S/C25H26O9S2/c1-9-7-10-14(17(28)15-11(26)5-6-12(27)16(15)18(10)30-2)19-13(9)20-21-24(29,32-19)23(8-31-23)25(33-20,34-21)22(35-3)36-4/h7,12,20-22,27-29H,5-6,8H2,1-4H3/t12-,20?,21?,23-,24+,25?/m0/s1. The van der Waals surface area contributed by atoms with Gasteiger partial charge in [-0.05, 0) is 37.5 Å². The van der Waals surface area contributed by atoms with Gasteiger partial charge in [0.1, 0.15) is 27.9 Å². The van der Waals surface area contributed by atoms with Gasteiger partial charge < -0.3 is 39.0 Å². The molecule has 2 bridgehead atoms. The smallest absolute Gasteiger partial charge is 0.274 e. The van der Waals surface area contributed by atoms with Crippen LogP contribution in [0.3, 0.4) is 0 Å². The largest absolute Gasteiger partial charge is 0.506 e. The highest BCUT2D eigenvalue weighted by molar-refractivity contribution is 8.16. The van der Waals surface area contributed by atoms with E-state index in [0.29, 0.717) is 16.7 Å². The van der Waals surface area contributed by atoms with E-state index in [2.05, 4.69) is 0 Å². The molecule has 7 rings (SSSR count). The third-order valence-electron chi connectivity index (χ3n) is 8.34. The molecule has 6 atom stereocenters. The summed E-state index contributed by atoms with van der Waals surface area (Å²) in [6.45, 7) is 2.08. The molecule has 11 heteroatoms. The highest BCUT2D eigenvalue weighted by atomic mass is 32.2. The number of carbonyl (C=O) groups is 1. The number of aliphatic hydroxyl groups is 2. The second kappa shape index (κ2) is 7.22. The van der Waals surface area contributed by atoms with Crippen molar-refractivity contribution in [3.05, 3.63) is 28.3 Å². The van der Waals surface area contributed by atoms with Crippen LogP contribution in [-0.4, -0.2) is 75.2 Å². The van der Waals surface area contributed by atoms with E-state index in [1.165, 1.54) is 7.11 Å². The molecule has 4 heterocycles. The number of aliphatic hydroxyl groups excluding tert-OH is 1. The van der Waals surface area contributed by atoms with Crippen LogP contribution < -0.4 is 9.47 Å². The lowest BCUT2D eigenvalue weighted by molar-refractivity contribution is -0.274. The van der Waals surface area contributed by atoms with E-state index in [9.17, 15) is 20.1 Å². The molecule has 192 valence electrons. The number of ether oxygens (including phenoxy) is 5. The molecule has 1 aliphatic carbocycles. The fourth-order valence-corrected chi connectivity index (χ4v) is 8.72. The molecule has 3 saturated heterocycles. The number of fused-ring (bicyclic) bond motifs is 8. The summed E-state index contributed by atoms with van der Waals surface area (Å²) in [6, 6.07) is 1.83. The third kappa shape index (κ3) is 2.37. The molecule has 36 heavy (non-hydrogen) atoms. The number of carbonyl (C=O) groups excluding carboxylic acids is 1. The second-order valence-electron chi connectivity index (χ2n) is 9.97. The molecule has 3 N–H and O–H groups in total. The fraction of sp³-hybridized carbons (Fsp3) is 0.560. The first kappa shape index (κ1) is 23.4. The van der Waals surface area contributed by atoms with Gasteiger partial charge in [0.2, 0.25) is 11.4 Å². The first-order chi connectivity index (χ1) is 17.2. The molecule has 0 amide bonds. The first-order valence-corrected chi connectivity index (χ1v) is 14.3. The lowest BCUT2D eigenvalue weighted by atomic mass is 9.78. The van der Waals surface area contributed by atoms with E-state index in [1.54, 1.807) is 23.5 Å². The Morgan fingerprint density at radius 3 is 2.58 bits per heavy atom. The van der Waals surface area contributed by atoms with Crippen molar-refractivity contribution in [3.63, 3.8) is 0 Å². The van der Waals surface area contributed by atoms with Gasteiger partial charge in [0.05, 0.1) is 30.8 Å². The van der Waals surface area contributed by atoms with Gasteiger partial charge in [-0.1, -0.05) is 0 Å². The Morgan fingerprint density at radius 1 is 1.22 bits per heavy atom. The van der Waals surface area contributed by atoms with Crippen molar-refractivity contribution < 1.29 is 43.8 Å². The van der Waals surface area contributed by atoms with Crippen molar-refractivity contribution in [2.24, 2.45) is 0 Å².